The van der Waals surface area contributed by atoms with E-state index in [9.17, 15) is 5.26 Å². The second kappa shape index (κ2) is 9.47. The second-order valence-electron chi connectivity index (χ2n) is 11.7. The van der Waals surface area contributed by atoms with Crippen molar-refractivity contribution >= 4 is 10.0 Å². The Morgan fingerprint density at radius 1 is 0.725 bits per heavy atom. The molecular weight excluding hydrogens is 511 g/mol. The lowest BCUT2D eigenvalue weighted by Gasteiger charge is -2.32. The van der Waals surface area contributed by atoms with Crippen molar-refractivity contribution < 1.29 is 4.39 Å². The van der Waals surface area contributed by atoms with Crippen molar-refractivity contribution in [1.82, 2.24) is 4.98 Å². The van der Waals surface area contributed by atoms with Gasteiger partial charge in [-0.15, -0.1) is 0 Å². The molecule has 198 valence electrons. The summed E-state index contributed by atoms with van der Waals surface area (Å²) < 4.78 is 15.3. The fourth-order valence-corrected chi connectivity index (χ4v) is 9.04. The molecule has 2 heterocycles. The number of halogens is 1. The number of hydrogen-bond acceptors (Lipinski definition) is 2. The first-order valence-corrected chi connectivity index (χ1v) is 15.8. The molecule has 0 radical (unpaired) electrons. The van der Waals surface area contributed by atoms with Crippen LogP contribution in [0, 0.1) is 17.1 Å². The third-order valence-electron chi connectivity index (χ3n) is 7.80. The zero-order chi connectivity index (χ0) is 28.2. The Kier molecular flexibility index (Phi) is 6.16. The maximum atomic E-state index is 15.3. The van der Waals surface area contributed by atoms with Crippen LogP contribution in [0.1, 0.15) is 31.9 Å². The van der Waals surface area contributed by atoms with Gasteiger partial charge in [-0.1, -0.05) is 93.6 Å². The number of nitrogens with zero attached hydrogens (tertiary/aromatic N) is 2. The third kappa shape index (κ3) is 4.13. The molecule has 0 aliphatic carbocycles. The van der Waals surface area contributed by atoms with E-state index in [1.54, 1.807) is 12.3 Å². The number of aromatic nitrogens is 1. The normalized spacial score (nSPS) is 14.2. The maximum absolute atomic E-state index is 15.3. The van der Waals surface area contributed by atoms with Crippen LogP contribution in [0.3, 0.4) is 0 Å². The van der Waals surface area contributed by atoms with Gasteiger partial charge in [-0.2, -0.15) is 15.3 Å². The summed E-state index contributed by atoms with van der Waals surface area (Å²) in [6.07, 6.45) is 6.25. The predicted octanol–water partition coefficient (Wildman–Crippen LogP) is 9.85. The van der Waals surface area contributed by atoms with Gasteiger partial charge in [-0.05, 0) is 57.9 Å². The van der Waals surface area contributed by atoms with Gasteiger partial charge in [-0.25, -0.2) is 4.39 Å². The van der Waals surface area contributed by atoms with Crippen LogP contribution in [0.25, 0.3) is 44.6 Å². The van der Waals surface area contributed by atoms with Gasteiger partial charge in [0.15, 0.2) is 0 Å². The largest absolute Gasteiger partial charge is 0.256 e. The minimum Gasteiger partial charge on any atom is -0.256 e. The Hall–Kier alpha value is -4.20. The molecule has 0 unspecified atom stereocenters. The van der Waals surface area contributed by atoms with Gasteiger partial charge < -0.3 is 0 Å². The Morgan fingerprint density at radius 2 is 1.38 bits per heavy atom. The highest BCUT2D eigenvalue weighted by molar-refractivity contribution is 8.33. The molecule has 0 saturated heterocycles. The van der Waals surface area contributed by atoms with Crippen LogP contribution in [0.15, 0.2) is 107 Å². The van der Waals surface area contributed by atoms with Crippen LogP contribution < -0.4 is 0 Å². The SMILES string of the molecule is CC(C)(C)c1cnc(-c2cccc3c2S(C)(C)c2c-3ccc(C#N)c2-c2cccc(-c3ccccc3)c2)cc1F. The summed E-state index contributed by atoms with van der Waals surface area (Å²) in [5, 5.41) is 10.2. The topological polar surface area (TPSA) is 36.7 Å². The molecule has 0 bridgehead atoms. The summed E-state index contributed by atoms with van der Waals surface area (Å²) in [4.78, 5) is 7.15. The maximum Gasteiger partial charge on any atom is 0.130 e. The average molecular weight is 543 g/mol. The second-order valence-corrected chi connectivity index (χ2v) is 15.2. The molecule has 0 fully saturated rings. The lowest BCUT2D eigenvalue weighted by molar-refractivity contribution is 0.520. The molecule has 40 heavy (non-hydrogen) atoms. The summed E-state index contributed by atoms with van der Waals surface area (Å²) in [7, 11) is -1.60. The van der Waals surface area contributed by atoms with Crippen molar-refractivity contribution in [3.05, 3.63) is 114 Å². The average Bonchev–Trinajstić information content (AvgIpc) is 3.19. The Morgan fingerprint density at radius 3 is 2.08 bits per heavy atom. The van der Waals surface area contributed by atoms with Crippen molar-refractivity contribution in [2.24, 2.45) is 0 Å². The van der Waals surface area contributed by atoms with E-state index in [0.29, 0.717) is 16.8 Å². The summed E-state index contributed by atoms with van der Waals surface area (Å²) in [5.74, 6) is -0.233. The molecule has 0 N–H and O–H groups in total. The molecule has 5 aromatic rings. The number of hydrogen-bond donors (Lipinski definition) is 0. The molecule has 1 aliphatic rings. The molecule has 2 nitrogen and oxygen atoms in total. The fraction of sp³-hybridized carbons (Fsp3) is 0.167. The fourth-order valence-electron chi connectivity index (χ4n) is 5.92. The molecule has 4 aromatic carbocycles. The zero-order valence-electron chi connectivity index (χ0n) is 23.4. The quantitative estimate of drug-likeness (QED) is 0.227. The number of pyridine rings is 1. The van der Waals surface area contributed by atoms with Crippen LogP contribution in [-0.2, 0) is 5.41 Å². The zero-order valence-corrected chi connectivity index (χ0v) is 24.2. The van der Waals surface area contributed by atoms with Crippen molar-refractivity contribution in [2.45, 2.75) is 36.0 Å². The van der Waals surface area contributed by atoms with E-state index in [2.05, 4.69) is 73.2 Å². The van der Waals surface area contributed by atoms with Gasteiger partial charge in [0.25, 0.3) is 0 Å². The predicted molar refractivity (Wildman–Crippen MR) is 165 cm³/mol. The van der Waals surface area contributed by atoms with Crippen LogP contribution in [0.4, 0.5) is 4.39 Å². The van der Waals surface area contributed by atoms with Crippen LogP contribution in [0.5, 0.6) is 0 Å². The first-order chi connectivity index (χ1) is 19.1. The van der Waals surface area contributed by atoms with Gasteiger partial charge in [0.2, 0.25) is 0 Å². The van der Waals surface area contributed by atoms with E-state index in [1.807, 2.05) is 51.1 Å². The molecule has 6 rings (SSSR count). The highest BCUT2D eigenvalue weighted by Gasteiger charge is 2.38. The third-order valence-corrected chi connectivity index (χ3v) is 10.7. The molecule has 4 heteroatoms. The van der Waals surface area contributed by atoms with Crippen molar-refractivity contribution in [3.63, 3.8) is 0 Å². The van der Waals surface area contributed by atoms with E-state index in [1.165, 1.54) is 9.79 Å². The van der Waals surface area contributed by atoms with Crippen molar-refractivity contribution in [1.29, 1.82) is 5.26 Å². The van der Waals surface area contributed by atoms with E-state index in [4.69, 9.17) is 4.98 Å². The summed E-state index contributed by atoms with van der Waals surface area (Å²) in [5.41, 5.74) is 9.09. The van der Waals surface area contributed by atoms with Gasteiger partial charge >= 0.3 is 0 Å². The highest BCUT2D eigenvalue weighted by Crippen LogP contribution is 2.71. The molecule has 0 spiro atoms. The van der Waals surface area contributed by atoms with Gasteiger partial charge in [0, 0.05) is 38.7 Å². The summed E-state index contributed by atoms with van der Waals surface area (Å²) >= 11 is 0. The van der Waals surface area contributed by atoms with Gasteiger partial charge in [0.05, 0.1) is 17.3 Å². The summed E-state index contributed by atoms with van der Waals surface area (Å²) in [6, 6.07) is 33.1. The minimum atomic E-state index is -1.60. The van der Waals surface area contributed by atoms with Crippen molar-refractivity contribution in [3.8, 4) is 50.7 Å². The lowest BCUT2D eigenvalue weighted by atomic mass is 9.87. The Bertz CT molecular complexity index is 1830. The van der Waals surface area contributed by atoms with Crippen molar-refractivity contribution in [2.75, 3.05) is 12.5 Å². The lowest BCUT2D eigenvalue weighted by Crippen LogP contribution is -2.14. The molecule has 1 aliphatic heterocycles. The molecule has 0 amide bonds. The standard InChI is InChI=1S/C36H31FN2S/c1-36(2,3)30-22-39-32(20-31(30)37)29-16-10-15-27-28-18-17-26(21-38)33(35(28)40(4,5)34(27)29)25-14-9-13-24(19-25)23-11-7-6-8-12-23/h6-20,22H,1-5H3. The van der Waals surface area contributed by atoms with Gasteiger partial charge in [-0.3, -0.25) is 4.98 Å². The van der Waals surface area contributed by atoms with E-state index in [0.717, 1.165) is 38.9 Å². The Balaban J connectivity index is 1.57. The molecule has 1 aromatic heterocycles. The van der Waals surface area contributed by atoms with E-state index in [-0.39, 0.29) is 11.2 Å². The van der Waals surface area contributed by atoms with Crippen LogP contribution >= 0.6 is 10.0 Å². The van der Waals surface area contributed by atoms with Gasteiger partial charge in [0.1, 0.15) is 5.82 Å². The molecule has 0 saturated carbocycles. The number of fused-ring (bicyclic) bond motifs is 3. The van der Waals surface area contributed by atoms with E-state index >= 15 is 4.39 Å². The van der Waals surface area contributed by atoms with Crippen LogP contribution in [-0.4, -0.2) is 17.5 Å². The number of nitriles is 1. The highest BCUT2D eigenvalue weighted by atomic mass is 32.3. The molecule has 0 atom stereocenters. The number of benzene rings is 4. The van der Waals surface area contributed by atoms with Crippen LogP contribution in [0.2, 0.25) is 0 Å². The smallest absolute Gasteiger partial charge is 0.130 e. The first kappa shape index (κ1) is 26.0. The van der Waals surface area contributed by atoms with E-state index < -0.39 is 10.0 Å². The molecular formula is C36H31FN2S. The number of rotatable bonds is 3. The minimum absolute atomic E-state index is 0.233. The monoisotopic (exact) mass is 542 g/mol. The first-order valence-electron chi connectivity index (χ1n) is 13.4. The summed E-state index contributed by atoms with van der Waals surface area (Å²) in [6.45, 7) is 5.99. The Labute approximate surface area is 237 Å².